The molecule has 2 heterocycles. The van der Waals surface area contributed by atoms with Crippen LogP contribution in [0.4, 0.5) is 0 Å². The van der Waals surface area contributed by atoms with Crippen molar-refractivity contribution in [3.05, 3.63) is 42.2 Å². The fraction of sp³-hybridized carbons (Fsp3) is 0.522. The number of aromatic nitrogens is 1. The van der Waals surface area contributed by atoms with Gasteiger partial charge in [0.15, 0.2) is 0 Å². The number of hydrogen-bond acceptors (Lipinski definition) is 4. The highest BCUT2D eigenvalue weighted by Crippen LogP contribution is 2.38. The minimum absolute atomic E-state index is 0.00948. The Bertz CT molecular complexity index is 873. The van der Waals surface area contributed by atoms with E-state index in [-0.39, 0.29) is 23.8 Å². The predicted octanol–water partition coefficient (Wildman–Crippen LogP) is 3.57. The van der Waals surface area contributed by atoms with E-state index < -0.39 is 5.54 Å². The van der Waals surface area contributed by atoms with Crippen molar-refractivity contribution in [3.8, 4) is 11.3 Å². The number of carbonyl (C=O) groups is 2. The fourth-order valence-corrected chi connectivity index (χ4v) is 4.40. The van der Waals surface area contributed by atoms with E-state index in [1.807, 2.05) is 55.1 Å². The SMILES string of the molecule is CC(C)NC(=O)C1(Cc2cc(-c3ccccc3)no2)CCCN1C(=O)C1CCC1. The van der Waals surface area contributed by atoms with Crippen molar-refractivity contribution in [1.29, 1.82) is 0 Å². The van der Waals surface area contributed by atoms with E-state index in [0.29, 0.717) is 25.1 Å². The molecule has 1 aromatic carbocycles. The van der Waals surface area contributed by atoms with Gasteiger partial charge in [0.1, 0.15) is 17.0 Å². The molecular formula is C23H29N3O3. The molecule has 1 saturated heterocycles. The van der Waals surface area contributed by atoms with Gasteiger partial charge >= 0.3 is 0 Å². The van der Waals surface area contributed by atoms with Crippen LogP contribution in [0.15, 0.2) is 40.9 Å². The van der Waals surface area contributed by atoms with Crippen molar-refractivity contribution in [2.24, 2.45) is 5.92 Å². The van der Waals surface area contributed by atoms with Crippen LogP contribution in [0.5, 0.6) is 0 Å². The van der Waals surface area contributed by atoms with Crippen LogP contribution in [0.1, 0.15) is 51.7 Å². The number of likely N-dealkylation sites (tertiary alicyclic amines) is 1. The van der Waals surface area contributed by atoms with Crippen LogP contribution < -0.4 is 5.32 Å². The van der Waals surface area contributed by atoms with E-state index in [0.717, 1.165) is 36.9 Å². The molecule has 0 radical (unpaired) electrons. The first-order chi connectivity index (χ1) is 14.0. The molecule has 1 aliphatic carbocycles. The molecule has 1 N–H and O–H groups in total. The van der Waals surface area contributed by atoms with Gasteiger partial charge in [-0.2, -0.15) is 0 Å². The predicted molar refractivity (Wildman–Crippen MR) is 110 cm³/mol. The molecule has 0 spiro atoms. The average molecular weight is 396 g/mol. The first kappa shape index (κ1) is 19.7. The molecule has 1 aromatic heterocycles. The van der Waals surface area contributed by atoms with Gasteiger partial charge in [-0.15, -0.1) is 0 Å². The molecular weight excluding hydrogens is 366 g/mol. The van der Waals surface area contributed by atoms with E-state index >= 15 is 0 Å². The van der Waals surface area contributed by atoms with Crippen LogP contribution in [-0.2, 0) is 16.0 Å². The number of benzene rings is 1. The van der Waals surface area contributed by atoms with E-state index in [1.54, 1.807) is 0 Å². The van der Waals surface area contributed by atoms with Crippen molar-refractivity contribution in [2.75, 3.05) is 6.54 Å². The van der Waals surface area contributed by atoms with Gasteiger partial charge in [0.25, 0.3) is 0 Å². The lowest BCUT2D eigenvalue weighted by atomic mass is 9.82. The van der Waals surface area contributed by atoms with Gasteiger partial charge in [0, 0.05) is 36.6 Å². The Hall–Kier alpha value is -2.63. The second-order valence-corrected chi connectivity index (χ2v) is 8.60. The summed E-state index contributed by atoms with van der Waals surface area (Å²) in [5, 5.41) is 7.25. The Morgan fingerprint density at radius 2 is 2.00 bits per heavy atom. The maximum atomic E-state index is 13.3. The van der Waals surface area contributed by atoms with Crippen LogP contribution in [0.2, 0.25) is 0 Å². The molecule has 2 amide bonds. The normalized spacial score (nSPS) is 22.0. The lowest BCUT2D eigenvalue weighted by molar-refractivity contribution is -0.150. The summed E-state index contributed by atoms with van der Waals surface area (Å²) in [5.74, 6) is 0.732. The first-order valence-electron chi connectivity index (χ1n) is 10.6. The number of nitrogens with one attached hydrogen (secondary N) is 1. The Morgan fingerprint density at radius 1 is 1.24 bits per heavy atom. The summed E-state index contributed by atoms with van der Waals surface area (Å²) in [6.07, 6.45) is 4.77. The van der Waals surface area contributed by atoms with Crippen molar-refractivity contribution in [1.82, 2.24) is 15.4 Å². The zero-order chi connectivity index (χ0) is 20.4. The molecule has 1 atom stereocenters. The summed E-state index contributed by atoms with van der Waals surface area (Å²) in [6.45, 7) is 4.52. The molecule has 1 unspecified atom stereocenters. The third-order valence-electron chi connectivity index (χ3n) is 6.15. The molecule has 1 saturated carbocycles. The van der Waals surface area contributed by atoms with Crippen molar-refractivity contribution in [3.63, 3.8) is 0 Å². The summed E-state index contributed by atoms with van der Waals surface area (Å²) >= 11 is 0. The molecule has 2 aromatic rings. The highest BCUT2D eigenvalue weighted by molar-refractivity contribution is 5.93. The number of nitrogens with zero attached hydrogens (tertiary/aromatic N) is 2. The Morgan fingerprint density at radius 3 is 2.66 bits per heavy atom. The van der Waals surface area contributed by atoms with Gasteiger partial charge in [-0.3, -0.25) is 9.59 Å². The Kier molecular flexibility index (Phi) is 5.43. The maximum absolute atomic E-state index is 13.3. The lowest BCUT2D eigenvalue weighted by Gasteiger charge is -2.40. The lowest BCUT2D eigenvalue weighted by Crippen LogP contribution is -2.61. The molecule has 6 heteroatoms. The van der Waals surface area contributed by atoms with Crippen LogP contribution in [0, 0.1) is 5.92 Å². The second kappa shape index (κ2) is 8.01. The van der Waals surface area contributed by atoms with Gasteiger partial charge in [-0.1, -0.05) is 41.9 Å². The molecule has 2 fully saturated rings. The summed E-state index contributed by atoms with van der Waals surface area (Å²) in [7, 11) is 0. The molecule has 6 nitrogen and oxygen atoms in total. The monoisotopic (exact) mass is 395 g/mol. The second-order valence-electron chi connectivity index (χ2n) is 8.60. The largest absolute Gasteiger partial charge is 0.361 e. The van der Waals surface area contributed by atoms with E-state index in [4.69, 9.17) is 4.52 Å². The number of amides is 2. The number of carbonyl (C=O) groups excluding carboxylic acids is 2. The number of hydrogen-bond donors (Lipinski definition) is 1. The highest BCUT2D eigenvalue weighted by Gasteiger charge is 2.52. The summed E-state index contributed by atoms with van der Waals surface area (Å²) < 4.78 is 5.62. The smallest absolute Gasteiger partial charge is 0.246 e. The van der Waals surface area contributed by atoms with Gasteiger partial charge < -0.3 is 14.7 Å². The summed E-state index contributed by atoms with van der Waals surface area (Å²) in [4.78, 5) is 28.3. The highest BCUT2D eigenvalue weighted by atomic mass is 16.5. The molecule has 1 aliphatic heterocycles. The molecule has 4 rings (SSSR count). The van der Waals surface area contributed by atoms with E-state index in [9.17, 15) is 9.59 Å². The molecule has 29 heavy (non-hydrogen) atoms. The quantitative estimate of drug-likeness (QED) is 0.811. The Balaban J connectivity index is 1.63. The summed E-state index contributed by atoms with van der Waals surface area (Å²) in [6, 6.07) is 11.7. The van der Waals surface area contributed by atoms with Crippen LogP contribution >= 0.6 is 0 Å². The zero-order valence-corrected chi connectivity index (χ0v) is 17.2. The Labute approximate surface area is 171 Å². The molecule has 0 bridgehead atoms. The van der Waals surface area contributed by atoms with Crippen molar-refractivity contribution >= 4 is 11.8 Å². The van der Waals surface area contributed by atoms with Gasteiger partial charge in [-0.05, 0) is 39.5 Å². The average Bonchev–Trinajstić information content (AvgIpc) is 3.28. The van der Waals surface area contributed by atoms with Crippen molar-refractivity contribution < 1.29 is 14.1 Å². The minimum Gasteiger partial charge on any atom is -0.361 e. The zero-order valence-electron chi connectivity index (χ0n) is 17.2. The van der Waals surface area contributed by atoms with Crippen LogP contribution in [0.25, 0.3) is 11.3 Å². The standard InChI is InChI=1S/C23H29N3O3/c1-16(2)24-22(28)23(12-7-13-26(23)21(27)18-10-6-11-18)15-19-14-20(25-29-19)17-8-4-3-5-9-17/h3-5,8-9,14,16,18H,6-7,10-13,15H2,1-2H3,(H,24,28). The maximum Gasteiger partial charge on any atom is 0.246 e. The minimum atomic E-state index is -0.898. The van der Waals surface area contributed by atoms with Gasteiger partial charge in [0.05, 0.1) is 0 Å². The third-order valence-corrected chi connectivity index (χ3v) is 6.15. The third kappa shape index (κ3) is 3.80. The van der Waals surface area contributed by atoms with E-state index in [2.05, 4.69) is 10.5 Å². The molecule has 2 aliphatic rings. The van der Waals surface area contributed by atoms with Crippen LogP contribution in [0.3, 0.4) is 0 Å². The topological polar surface area (TPSA) is 75.4 Å². The number of rotatable bonds is 6. The van der Waals surface area contributed by atoms with E-state index in [1.165, 1.54) is 0 Å². The van der Waals surface area contributed by atoms with Gasteiger partial charge in [0.2, 0.25) is 11.8 Å². The molecule has 154 valence electrons. The fourth-order valence-electron chi connectivity index (χ4n) is 4.40. The van der Waals surface area contributed by atoms with Crippen molar-refractivity contribution in [2.45, 2.75) is 64.0 Å². The van der Waals surface area contributed by atoms with Gasteiger partial charge in [-0.25, -0.2) is 0 Å². The summed E-state index contributed by atoms with van der Waals surface area (Å²) in [5.41, 5.74) is 0.816. The first-order valence-corrected chi connectivity index (χ1v) is 10.6. The van der Waals surface area contributed by atoms with Crippen LogP contribution in [-0.4, -0.2) is 40.0 Å².